The number of rotatable bonds is 2. The lowest BCUT2D eigenvalue weighted by molar-refractivity contribution is -0.156. The first-order chi connectivity index (χ1) is 10.5. The summed E-state index contributed by atoms with van der Waals surface area (Å²) in [5.74, 6) is 0.0329. The molecule has 1 amide bonds. The molecular weight excluding hydrogens is 300 g/mol. The van der Waals surface area contributed by atoms with E-state index in [-0.39, 0.29) is 11.9 Å². The number of hydrogen-bond donors (Lipinski definition) is 0. The molecule has 2 heterocycles. The van der Waals surface area contributed by atoms with E-state index in [1.165, 1.54) is 6.42 Å². The number of amides is 1. The summed E-state index contributed by atoms with van der Waals surface area (Å²) in [5, 5.41) is 4.78. The molecule has 0 saturated carbocycles. The van der Waals surface area contributed by atoms with Gasteiger partial charge in [0, 0.05) is 29.6 Å². The maximum absolute atomic E-state index is 12.9. The molecule has 1 aromatic carbocycles. The van der Waals surface area contributed by atoms with Gasteiger partial charge in [-0.3, -0.25) is 4.79 Å². The summed E-state index contributed by atoms with van der Waals surface area (Å²) < 4.78 is 0. The maximum atomic E-state index is 12.9. The Bertz CT molecular complexity index is 616. The molecule has 1 fully saturated rings. The second-order valence-corrected chi connectivity index (χ2v) is 6.77. The molecule has 5 heteroatoms. The number of carbonyl (C=O) groups is 1. The average molecular weight is 321 g/mol. The zero-order chi connectivity index (χ0) is 15.7. The molecule has 4 nitrogen and oxygen atoms in total. The van der Waals surface area contributed by atoms with Crippen LogP contribution >= 0.6 is 11.6 Å². The van der Waals surface area contributed by atoms with Gasteiger partial charge >= 0.3 is 0 Å². The lowest BCUT2D eigenvalue weighted by Gasteiger charge is -2.37. The Hall–Kier alpha value is -1.55. The van der Waals surface area contributed by atoms with Gasteiger partial charge in [-0.15, -0.1) is 0 Å². The Morgan fingerprint density at radius 2 is 2.18 bits per heavy atom. The van der Waals surface area contributed by atoms with Crippen molar-refractivity contribution in [2.45, 2.75) is 51.2 Å². The molecular formula is C17H21ClN2O2. The molecule has 2 aliphatic rings. The van der Waals surface area contributed by atoms with Gasteiger partial charge in [-0.05, 0) is 39.2 Å². The van der Waals surface area contributed by atoms with Crippen LogP contribution in [0.15, 0.2) is 29.4 Å². The van der Waals surface area contributed by atoms with Crippen molar-refractivity contribution in [2.75, 3.05) is 6.54 Å². The number of likely N-dealkylation sites (tertiary alicyclic amines) is 1. The fourth-order valence-corrected chi connectivity index (χ4v) is 3.44. The van der Waals surface area contributed by atoms with Gasteiger partial charge in [-0.2, -0.15) is 0 Å². The van der Waals surface area contributed by atoms with Crippen LogP contribution in [0.5, 0.6) is 0 Å². The van der Waals surface area contributed by atoms with Crippen LogP contribution in [0, 0.1) is 0 Å². The van der Waals surface area contributed by atoms with E-state index in [0.717, 1.165) is 30.7 Å². The third-order valence-corrected chi connectivity index (χ3v) is 4.89. The van der Waals surface area contributed by atoms with Gasteiger partial charge in [-0.1, -0.05) is 35.0 Å². The number of nitrogens with zero attached hydrogens (tertiary/aromatic N) is 2. The first-order valence-electron chi connectivity index (χ1n) is 7.82. The van der Waals surface area contributed by atoms with Gasteiger partial charge < -0.3 is 9.74 Å². The smallest absolute Gasteiger partial charge is 0.269 e. The Balaban J connectivity index is 1.77. The van der Waals surface area contributed by atoms with Gasteiger partial charge in [0.1, 0.15) is 0 Å². The number of halogens is 1. The van der Waals surface area contributed by atoms with Crippen molar-refractivity contribution in [3.63, 3.8) is 0 Å². The predicted octanol–water partition coefficient (Wildman–Crippen LogP) is 3.62. The van der Waals surface area contributed by atoms with Gasteiger partial charge in [-0.25, -0.2) is 0 Å². The summed E-state index contributed by atoms with van der Waals surface area (Å²) in [7, 11) is 0. The number of piperidine rings is 1. The Morgan fingerprint density at radius 1 is 1.41 bits per heavy atom. The highest BCUT2D eigenvalue weighted by Gasteiger charge is 2.46. The highest BCUT2D eigenvalue weighted by molar-refractivity contribution is 6.34. The molecule has 22 heavy (non-hydrogen) atoms. The van der Waals surface area contributed by atoms with Gasteiger partial charge in [0.25, 0.3) is 5.91 Å². The number of benzene rings is 1. The third kappa shape index (κ3) is 2.72. The topological polar surface area (TPSA) is 41.9 Å². The minimum absolute atomic E-state index is 0.0329. The van der Waals surface area contributed by atoms with E-state index in [1.807, 2.05) is 36.1 Å². The van der Waals surface area contributed by atoms with E-state index >= 15 is 0 Å². The number of hydrogen-bond acceptors (Lipinski definition) is 3. The van der Waals surface area contributed by atoms with Gasteiger partial charge in [0.2, 0.25) is 5.60 Å². The van der Waals surface area contributed by atoms with Crippen LogP contribution < -0.4 is 0 Å². The lowest BCUT2D eigenvalue weighted by Crippen LogP contribution is -2.52. The highest BCUT2D eigenvalue weighted by atomic mass is 35.5. The molecule has 3 rings (SSSR count). The molecule has 1 saturated heterocycles. The number of oxime groups is 1. The Morgan fingerprint density at radius 3 is 2.91 bits per heavy atom. The van der Waals surface area contributed by atoms with Crippen molar-refractivity contribution in [1.82, 2.24) is 4.90 Å². The minimum Gasteiger partial charge on any atom is -0.379 e. The van der Waals surface area contributed by atoms with Crippen LogP contribution in [0.2, 0.25) is 5.02 Å². The quantitative estimate of drug-likeness (QED) is 0.835. The fourth-order valence-electron chi connectivity index (χ4n) is 3.20. The molecule has 0 unspecified atom stereocenters. The van der Waals surface area contributed by atoms with Crippen molar-refractivity contribution >= 4 is 23.2 Å². The van der Waals surface area contributed by atoms with E-state index < -0.39 is 5.60 Å². The summed E-state index contributed by atoms with van der Waals surface area (Å²) in [4.78, 5) is 20.4. The largest absolute Gasteiger partial charge is 0.379 e. The second-order valence-electron chi connectivity index (χ2n) is 6.36. The highest BCUT2D eigenvalue weighted by Crippen LogP contribution is 2.32. The minimum atomic E-state index is -0.917. The number of carbonyl (C=O) groups excluding carboxylic acids is 1. The summed E-state index contributed by atoms with van der Waals surface area (Å²) in [6.45, 7) is 4.73. The van der Waals surface area contributed by atoms with E-state index in [4.69, 9.17) is 16.4 Å². The van der Waals surface area contributed by atoms with Gasteiger partial charge in [0.15, 0.2) is 0 Å². The van der Waals surface area contributed by atoms with Crippen molar-refractivity contribution in [3.8, 4) is 0 Å². The summed E-state index contributed by atoms with van der Waals surface area (Å²) in [5.41, 5.74) is 0.665. The molecule has 0 N–H and O–H groups in total. The third-order valence-electron chi connectivity index (χ3n) is 4.56. The average Bonchev–Trinajstić information content (AvgIpc) is 2.91. The summed E-state index contributed by atoms with van der Waals surface area (Å²) >= 11 is 6.22. The molecule has 0 aromatic heterocycles. The van der Waals surface area contributed by atoms with Crippen molar-refractivity contribution in [2.24, 2.45) is 5.16 Å². The molecule has 0 bridgehead atoms. The van der Waals surface area contributed by atoms with E-state index in [9.17, 15) is 4.79 Å². The lowest BCUT2D eigenvalue weighted by atomic mass is 9.92. The van der Waals surface area contributed by atoms with Crippen LogP contribution in [0.4, 0.5) is 0 Å². The van der Waals surface area contributed by atoms with Crippen molar-refractivity contribution < 1.29 is 9.63 Å². The second kappa shape index (κ2) is 5.92. The first-order valence-corrected chi connectivity index (χ1v) is 8.20. The maximum Gasteiger partial charge on any atom is 0.269 e. The van der Waals surface area contributed by atoms with Crippen LogP contribution in [0.3, 0.4) is 0 Å². The van der Waals surface area contributed by atoms with E-state index in [2.05, 4.69) is 12.1 Å². The Kier molecular flexibility index (Phi) is 4.13. The predicted molar refractivity (Wildman–Crippen MR) is 87.1 cm³/mol. The van der Waals surface area contributed by atoms with Crippen molar-refractivity contribution in [1.29, 1.82) is 0 Å². The fraction of sp³-hybridized carbons (Fsp3) is 0.529. The normalized spacial score (nSPS) is 28.2. The van der Waals surface area contributed by atoms with E-state index in [1.54, 1.807) is 0 Å². The first kappa shape index (κ1) is 15.3. The summed E-state index contributed by atoms with van der Waals surface area (Å²) in [6.07, 6.45) is 3.76. The molecule has 1 aromatic rings. The zero-order valence-electron chi connectivity index (χ0n) is 13.0. The molecule has 2 aliphatic heterocycles. The molecule has 2 atom stereocenters. The van der Waals surface area contributed by atoms with Crippen LogP contribution in [-0.4, -0.2) is 34.7 Å². The van der Waals surface area contributed by atoms with E-state index in [0.29, 0.717) is 11.4 Å². The standard InChI is InChI=1S/C17H21ClN2O2/c1-12-7-5-6-10-20(12)16(21)17(2)11-15(19-22-17)13-8-3-4-9-14(13)18/h3-4,8-9,12H,5-7,10-11H2,1-2H3/t12-,17+/m1/s1. The van der Waals surface area contributed by atoms with Gasteiger partial charge in [0.05, 0.1) is 5.71 Å². The Labute approximate surface area is 136 Å². The molecule has 0 aliphatic carbocycles. The molecule has 118 valence electrons. The van der Waals surface area contributed by atoms with Crippen LogP contribution in [0.1, 0.15) is 45.1 Å². The van der Waals surface area contributed by atoms with Crippen molar-refractivity contribution in [3.05, 3.63) is 34.9 Å². The monoisotopic (exact) mass is 320 g/mol. The van der Waals surface area contributed by atoms with Crippen LogP contribution in [0.25, 0.3) is 0 Å². The summed E-state index contributed by atoms with van der Waals surface area (Å²) in [6, 6.07) is 7.79. The molecule has 0 radical (unpaired) electrons. The zero-order valence-corrected chi connectivity index (χ0v) is 13.8. The SMILES string of the molecule is C[C@@H]1CCCCN1C(=O)[C@]1(C)CC(c2ccccc2Cl)=NO1. The van der Waals surface area contributed by atoms with Crippen LogP contribution in [-0.2, 0) is 9.63 Å². The molecule has 0 spiro atoms.